The Labute approximate surface area is 128 Å². The summed E-state index contributed by atoms with van der Waals surface area (Å²) in [5.41, 5.74) is 1.70. The minimum atomic E-state index is -3.51. The fraction of sp³-hybridized carbons (Fsp3) is 0.214. The molecule has 0 aliphatic rings. The number of anilines is 1. The minimum Gasteiger partial charge on any atom is -0.326 e. The third-order valence-electron chi connectivity index (χ3n) is 2.82. The molecule has 5 nitrogen and oxygen atoms in total. The van der Waals surface area contributed by atoms with Gasteiger partial charge >= 0.3 is 0 Å². The summed E-state index contributed by atoms with van der Waals surface area (Å²) in [4.78, 5) is 11.8. The number of amides is 1. The first kappa shape index (κ1) is 15.7. The molecule has 0 spiro atoms. The van der Waals surface area contributed by atoms with Gasteiger partial charge in [0.25, 0.3) is 0 Å². The molecule has 112 valence electrons. The highest BCUT2D eigenvalue weighted by Crippen LogP contribution is 2.15. The Hall–Kier alpha value is -1.70. The van der Waals surface area contributed by atoms with Gasteiger partial charge in [0.05, 0.1) is 0 Å². The molecule has 0 fully saturated rings. The fourth-order valence-corrected chi connectivity index (χ4v) is 3.78. The first-order valence-electron chi connectivity index (χ1n) is 6.38. The predicted octanol–water partition coefficient (Wildman–Crippen LogP) is 2.36. The molecule has 7 heteroatoms. The van der Waals surface area contributed by atoms with E-state index in [0.717, 1.165) is 22.6 Å². The Balaban J connectivity index is 1.84. The molecule has 21 heavy (non-hydrogen) atoms. The highest BCUT2D eigenvalue weighted by Gasteiger charge is 2.15. The van der Waals surface area contributed by atoms with Crippen molar-refractivity contribution in [1.29, 1.82) is 0 Å². The summed E-state index contributed by atoms with van der Waals surface area (Å²) < 4.78 is 26.4. The number of nitrogens with one attached hydrogen (secondary N) is 2. The Kier molecular flexibility index (Phi) is 5.11. The summed E-state index contributed by atoms with van der Waals surface area (Å²) in [7, 11) is -3.51. The molecule has 0 radical (unpaired) electrons. The second kappa shape index (κ2) is 6.84. The van der Waals surface area contributed by atoms with E-state index in [1.165, 1.54) is 6.07 Å². The Morgan fingerprint density at radius 2 is 1.95 bits per heavy atom. The summed E-state index contributed by atoms with van der Waals surface area (Å²) in [6.45, 7) is 1.97. The standard InChI is InChI=1S/C14H16N2O3S2/c1-11-5-2-3-6-12(11)16-13(17)8-9-15-21(18,19)14-7-4-10-20-14/h2-7,10,15H,8-9H2,1H3,(H,16,17). The van der Waals surface area contributed by atoms with Gasteiger partial charge in [0.15, 0.2) is 0 Å². The van der Waals surface area contributed by atoms with Crippen LogP contribution in [0.2, 0.25) is 0 Å². The van der Waals surface area contributed by atoms with Crippen molar-refractivity contribution in [2.75, 3.05) is 11.9 Å². The predicted molar refractivity (Wildman–Crippen MR) is 83.9 cm³/mol. The Morgan fingerprint density at radius 1 is 1.19 bits per heavy atom. The molecule has 0 saturated carbocycles. The number of rotatable bonds is 6. The second-order valence-electron chi connectivity index (χ2n) is 4.44. The molecule has 2 N–H and O–H groups in total. The summed E-state index contributed by atoms with van der Waals surface area (Å²) in [5, 5.41) is 4.45. The molecule has 1 aromatic carbocycles. The van der Waals surface area contributed by atoms with Crippen molar-refractivity contribution in [3.05, 3.63) is 47.3 Å². The SMILES string of the molecule is Cc1ccccc1NC(=O)CCNS(=O)(=O)c1cccs1. The van der Waals surface area contributed by atoms with Crippen LogP contribution in [0.1, 0.15) is 12.0 Å². The zero-order chi connectivity index (χ0) is 15.3. The van der Waals surface area contributed by atoms with Gasteiger partial charge < -0.3 is 5.32 Å². The van der Waals surface area contributed by atoms with E-state index in [1.54, 1.807) is 11.4 Å². The van der Waals surface area contributed by atoms with Crippen LogP contribution in [0.25, 0.3) is 0 Å². The van der Waals surface area contributed by atoms with Crippen LogP contribution in [-0.4, -0.2) is 20.9 Å². The number of sulfonamides is 1. The number of benzene rings is 1. The number of thiophene rings is 1. The normalized spacial score (nSPS) is 11.3. The van der Waals surface area contributed by atoms with E-state index in [0.29, 0.717) is 0 Å². The smallest absolute Gasteiger partial charge is 0.250 e. The van der Waals surface area contributed by atoms with Gasteiger partial charge in [0, 0.05) is 18.7 Å². The molecule has 2 aromatic rings. The van der Waals surface area contributed by atoms with E-state index in [9.17, 15) is 13.2 Å². The molecule has 2 rings (SSSR count). The summed E-state index contributed by atoms with van der Waals surface area (Å²) in [6.07, 6.45) is 0.0823. The number of para-hydroxylation sites is 1. The van der Waals surface area contributed by atoms with Gasteiger partial charge in [-0.3, -0.25) is 4.79 Å². The van der Waals surface area contributed by atoms with Crippen LogP contribution in [0.3, 0.4) is 0 Å². The van der Waals surface area contributed by atoms with Crippen LogP contribution in [-0.2, 0) is 14.8 Å². The van der Waals surface area contributed by atoms with Crippen LogP contribution >= 0.6 is 11.3 Å². The summed E-state index contributed by atoms with van der Waals surface area (Å²) >= 11 is 1.14. The third kappa shape index (κ3) is 4.38. The Bertz CT molecular complexity index is 710. The molecule has 0 aliphatic heterocycles. The number of carbonyl (C=O) groups excluding carboxylic acids is 1. The van der Waals surface area contributed by atoms with Gasteiger partial charge in [0.2, 0.25) is 15.9 Å². The van der Waals surface area contributed by atoms with Crippen LogP contribution in [0.4, 0.5) is 5.69 Å². The van der Waals surface area contributed by atoms with E-state index in [-0.39, 0.29) is 23.1 Å². The molecule has 0 atom stereocenters. The number of aryl methyl sites for hydroxylation is 1. The topological polar surface area (TPSA) is 75.3 Å². The second-order valence-corrected chi connectivity index (χ2v) is 7.38. The Morgan fingerprint density at radius 3 is 2.62 bits per heavy atom. The molecule has 1 amide bonds. The molecule has 1 heterocycles. The molecule has 0 saturated heterocycles. The maximum absolute atomic E-state index is 11.9. The molecule has 0 unspecified atom stereocenters. The highest BCUT2D eigenvalue weighted by molar-refractivity contribution is 7.91. The first-order chi connectivity index (χ1) is 9.99. The van der Waals surface area contributed by atoms with Gasteiger partial charge in [0.1, 0.15) is 4.21 Å². The van der Waals surface area contributed by atoms with Gasteiger partial charge in [-0.25, -0.2) is 13.1 Å². The van der Waals surface area contributed by atoms with E-state index in [1.807, 2.05) is 31.2 Å². The number of hydrogen-bond donors (Lipinski definition) is 2. The third-order valence-corrected chi connectivity index (χ3v) is 5.68. The van der Waals surface area contributed by atoms with Gasteiger partial charge in [-0.05, 0) is 30.0 Å². The van der Waals surface area contributed by atoms with E-state index >= 15 is 0 Å². The average Bonchev–Trinajstić information content (AvgIpc) is 2.96. The lowest BCUT2D eigenvalue weighted by molar-refractivity contribution is -0.116. The summed E-state index contributed by atoms with van der Waals surface area (Å²) in [6, 6.07) is 10.6. The number of carbonyl (C=O) groups is 1. The maximum atomic E-state index is 11.9. The van der Waals surface area contributed by atoms with E-state index < -0.39 is 10.0 Å². The first-order valence-corrected chi connectivity index (χ1v) is 8.74. The molecule has 1 aromatic heterocycles. The van der Waals surface area contributed by atoms with Crippen molar-refractivity contribution in [3.8, 4) is 0 Å². The van der Waals surface area contributed by atoms with Crippen LogP contribution < -0.4 is 10.0 Å². The quantitative estimate of drug-likeness (QED) is 0.856. The van der Waals surface area contributed by atoms with Crippen molar-refractivity contribution in [2.24, 2.45) is 0 Å². The highest BCUT2D eigenvalue weighted by atomic mass is 32.2. The van der Waals surface area contributed by atoms with Crippen molar-refractivity contribution < 1.29 is 13.2 Å². The van der Waals surface area contributed by atoms with Crippen molar-refractivity contribution in [1.82, 2.24) is 4.72 Å². The van der Waals surface area contributed by atoms with E-state index in [2.05, 4.69) is 10.0 Å². The lowest BCUT2D eigenvalue weighted by Crippen LogP contribution is -2.27. The molecular weight excluding hydrogens is 308 g/mol. The molecule has 0 bridgehead atoms. The maximum Gasteiger partial charge on any atom is 0.250 e. The lowest BCUT2D eigenvalue weighted by Gasteiger charge is -2.08. The van der Waals surface area contributed by atoms with E-state index in [4.69, 9.17) is 0 Å². The van der Waals surface area contributed by atoms with Gasteiger partial charge in [-0.2, -0.15) is 0 Å². The van der Waals surface area contributed by atoms with Crippen LogP contribution in [0.5, 0.6) is 0 Å². The average molecular weight is 324 g/mol. The summed E-state index contributed by atoms with van der Waals surface area (Å²) in [5.74, 6) is -0.224. The van der Waals surface area contributed by atoms with Crippen molar-refractivity contribution >= 4 is 33.0 Å². The molecule has 0 aliphatic carbocycles. The number of hydrogen-bond acceptors (Lipinski definition) is 4. The zero-order valence-electron chi connectivity index (χ0n) is 11.5. The minimum absolute atomic E-state index is 0.0674. The largest absolute Gasteiger partial charge is 0.326 e. The van der Waals surface area contributed by atoms with Crippen molar-refractivity contribution in [3.63, 3.8) is 0 Å². The zero-order valence-corrected chi connectivity index (χ0v) is 13.1. The molecular formula is C14H16N2O3S2. The lowest BCUT2D eigenvalue weighted by atomic mass is 10.2. The van der Waals surface area contributed by atoms with Gasteiger partial charge in [-0.1, -0.05) is 24.3 Å². The van der Waals surface area contributed by atoms with Crippen LogP contribution in [0, 0.1) is 6.92 Å². The van der Waals surface area contributed by atoms with Crippen molar-refractivity contribution in [2.45, 2.75) is 17.6 Å². The van der Waals surface area contributed by atoms with Crippen LogP contribution in [0.15, 0.2) is 46.0 Å². The fourth-order valence-electron chi connectivity index (χ4n) is 1.71. The van der Waals surface area contributed by atoms with Gasteiger partial charge in [-0.15, -0.1) is 11.3 Å². The monoisotopic (exact) mass is 324 g/mol.